The van der Waals surface area contributed by atoms with Gasteiger partial charge in [0.1, 0.15) is 17.2 Å². The van der Waals surface area contributed by atoms with E-state index < -0.39 is 0 Å². The summed E-state index contributed by atoms with van der Waals surface area (Å²) in [5.74, 6) is -0.0167. The Morgan fingerprint density at radius 3 is 2.52 bits per heavy atom. The van der Waals surface area contributed by atoms with Gasteiger partial charge in [-0.25, -0.2) is 4.79 Å². The molecule has 1 aromatic carbocycles. The Hall–Kier alpha value is -2.25. The van der Waals surface area contributed by atoms with E-state index in [2.05, 4.69) is 11.8 Å². The number of aromatic nitrogens is 3. The zero-order chi connectivity index (χ0) is 19.1. The molecule has 2 heterocycles. The number of carbonyl (C=O) groups excluding carboxylic acids is 1. The minimum absolute atomic E-state index is 0.0831. The van der Waals surface area contributed by atoms with E-state index in [4.69, 9.17) is 19.7 Å². The van der Waals surface area contributed by atoms with Gasteiger partial charge in [-0.15, -0.1) is 0 Å². The molecule has 0 aliphatic carbocycles. The fraction of sp³-hybridized carbons (Fsp3) is 0.550. The smallest absolute Gasteiger partial charge is 0.330 e. The third-order valence-electron chi connectivity index (χ3n) is 4.76. The summed E-state index contributed by atoms with van der Waals surface area (Å²) in [6.45, 7) is 7.52. The van der Waals surface area contributed by atoms with Crippen LogP contribution in [0.1, 0.15) is 32.9 Å². The lowest BCUT2D eigenvalue weighted by atomic mass is 10.0. The summed E-state index contributed by atoms with van der Waals surface area (Å²) in [7, 11) is 0. The number of esters is 1. The van der Waals surface area contributed by atoms with Crippen molar-refractivity contribution in [2.45, 2.75) is 32.9 Å². The molecule has 0 spiro atoms. The predicted octanol–water partition coefficient (Wildman–Crippen LogP) is 2.80. The van der Waals surface area contributed by atoms with Crippen molar-refractivity contribution in [1.82, 2.24) is 19.9 Å². The van der Waals surface area contributed by atoms with Crippen molar-refractivity contribution in [3.8, 4) is 0 Å². The molecule has 0 bridgehead atoms. The molecule has 1 aromatic heterocycles. The average molecular weight is 372 g/mol. The molecule has 2 aromatic rings. The molecule has 1 aliphatic rings. The molecule has 1 fully saturated rings. The fourth-order valence-corrected chi connectivity index (χ4v) is 3.27. The molecule has 0 amide bonds. The number of morpholine rings is 1. The molecule has 2 atom stereocenters. The molecule has 3 rings (SSSR count). The van der Waals surface area contributed by atoms with Gasteiger partial charge in [-0.1, -0.05) is 25.1 Å². The van der Waals surface area contributed by atoms with E-state index in [9.17, 15) is 4.79 Å². The van der Waals surface area contributed by atoms with E-state index in [0.717, 1.165) is 50.2 Å². The van der Waals surface area contributed by atoms with Crippen molar-refractivity contribution >= 4 is 17.0 Å². The molecule has 0 N–H and O–H groups in total. The van der Waals surface area contributed by atoms with Crippen LogP contribution in [0.3, 0.4) is 0 Å². The van der Waals surface area contributed by atoms with Gasteiger partial charge in [0.25, 0.3) is 0 Å². The third-order valence-corrected chi connectivity index (χ3v) is 4.76. The number of ether oxygens (including phenoxy) is 2. The third kappa shape index (κ3) is 5.37. The standard InChI is InChI=1S/C20H28N4O3/c1-3-27-20(25)11-9-16(2)8-10-19(23-12-14-26-15-13-23)24-21-17-6-4-5-7-18(17)22-24/h4-7,9,11,16,19H,3,8,10,12-15H2,1-2H3/b11-9+. The van der Waals surface area contributed by atoms with Gasteiger partial charge in [0.15, 0.2) is 0 Å². The van der Waals surface area contributed by atoms with Gasteiger partial charge in [0.2, 0.25) is 0 Å². The number of nitrogens with zero attached hydrogens (tertiary/aromatic N) is 4. The fourth-order valence-electron chi connectivity index (χ4n) is 3.27. The van der Waals surface area contributed by atoms with Crippen LogP contribution in [0.4, 0.5) is 0 Å². The molecule has 2 unspecified atom stereocenters. The van der Waals surface area contributed by atoms with Crippen molar-refractivity contribution in [3.63, 3.8) is 0 Å². The molecule has 1 aliphatic heterocycles. The highest BCUT2D eigenvalue weighted by Gasteiger charge is 2.24. The first-order valence-corrected chi connectivity index (χ1v) is 9.65. The summed E-state index contributed by atoms with van der Waals surface area (Å²) in [5, 5.41) is 9.39. The lowest BCUT2D eigenvalue weighted by Gasteiger charge is -2.34. The van der Waals surface area contributed by atoms with E-state index in [1.807, 2.05) is 42.1 Å². The molecule has 146 valence electrons. The van der Waals surface area contributed by atoms with Crippen molar-refractivity contribution in [2.24, 2.45) is 5.92 Å². The van der Waals surface area contributed by atoms with Crippen LogP contribution < -0.4 is 0 Å². The van der Waals surface area contributed by atoms with Gasteiger partial charge in [-0.05, 0) is 37.8 Å². The summed E-state index contributed by atoms with van der Waals surface area (Å²) in [6, 6.07) is 7.93. The predicted molar refractivity (Wildman–Crippen MR) is 103 cm³/mol. The SMILES string of the molecule is CCOC(=O)/C=C/C(C)CCC(N1CCOCC1)n1nc2ccccc2n1. The summed E-state index contributed by atoms with van der Waals surface area (Å²) in [5.41, 5.74) is 1.82. The summed E-state index contributed by atoms with van der Waals surface area (Å²) < 4.78 is 10.4. The normalized spacial score (nSPS) is 18.0. The number of fused-ring (bicyclic) bond motifs is 1. The highest BCUT2D eigenvalue weighted by molar-refractivity contribution is 5.81. The number of hydrogen-bond donors (Lipinski definition) is 0. The van der Waals surface area contributed by atoms with Gasteiger partial charge in [-0.2, -0.15) is 15.0 Å². The Bertz CT molecular complexity index is 734. The Kier molecular flexibility index (Phi) is 6.95. The molecule has 7 nitrogen and oxygen atoms in total. The zero-order valence-electron chi connectivity index (χ0n) is 16.1. The molecule has 0 saturated carbocycles. The second kappa shape index (κ2) is 9.62. The lowest BCUT2D eigenvalue weighted by molar-refractivity contribution is -0.137. The molecule has 1 saturated heterocycles. The van der Waals surface area contributed by atoms with Crippen LogP contribution in [0, 0.1) is 5.92 Å². The number of rotatable bonds is 8. The lowest BCUT2D eigenvalue weighted by Crippen LogP contribution is -2.42. The second-order valence-corrected chi connectivity index (χ2v) is 6.80. The van der Waals surface area contributed by atoms with Crippen LogP contribution >= 0.6 is 0 Å². The summed E-state index contributed by atoms with van der Waals surface area (Å²) in [4.78, 5) is 15.7. The van der Waals surface area contributed by atoms with Gasteiger partial charge in [0.05, 0.1) is 19.8 Å². The van der Waals surface area contributed by atoms with Crippen LogP contribution in [0.5, 0.6) is 0 Å². The molecular formula is C20H28N4O3. The first-order chi connectivity index (χ1) is 13.2. The zero-order valence-corrected chi connectivity index (χ0v) is 16.1. The molecule has 0 radical (unpaired) electrons. The van der Waals surface area contributed by atoms with E-state index in [1.165, 1.54) is 6.08 Å². The van der Waals surface area contributed by atoms with Crippen molar-refractivity contribution < 1.29 is 14.3 Å². The quantitative estimate of drug-likeness (QED) is 0.524. The highest BCUT2D eigenvalue weighted by atomic mass is 16.5. The van der Waals surface area contributed by atoms with Crippen LogP contribution in [0.2, 0.25) is 0 Å². The molecule has 27 heavy (non-hydrogen) atoms. The first kappa shape index (κ1) is 19.5. The van der Waals surface area contributed by atoms with Crippen LogP contribution in [-0.2, 0) is 14.3 Å². The van der Waals surface area contributed by atoms with Crippen LogP contribution in [-0.4, -0.2) is 58.8 Å². The topological polar surface area (TPSA) is 69.5 Å². The van der Waals surface area contributed by atoms with Crippen LogP contribution in [0.15, 0.2) is 36.4 Å². The molecular weight excluding hydrogens is 344 g/mol. The van der Waals surface area contributed by atoms with Crippen LogP contribution in [0.25, 0.3) is 11.0 Å². The number of hydrogen-bond acceptors (Lipinski definition) is 6. The van der Waals surface area contributed by atoms with Crippen molar-refractivity contribution in [2.75, 3.05) is 32.9 Å². The van der Waals surface area contributed by atoms with Gasteiger partial charge in [0, 0.05) is 19.2 Å². The van der Waals surface area contributed by atoms with E-state index in [-0.39, 0.29) is 18.1 Å². The number of allylic oxidation sites excluding steroid dienone is 1. The highest BCUT2D eigenvalue weighted by Crippen LogP contribution is 2.23. The minimum Gasteiger partial charge on any atom is -0.463 e. The second-order valence-electron chi connectivity index (χ2n) is 6.80. The maximum absolute atomic E-state index is 11.5. The van der Waals surface area contributed by atoms with Crippen molar-refractivity contribution in [3.05, 3.63) is 36.4 Å². The maximum atomic E-state index is 11.5. The summed E-state index contributed by atoms with van der Waals surface area (Å²) >= 11 is 0. The van der Waals surface area contributed by atoms with Gasteiger partial charge < -0.3 is 9.47 Å². The first-order valence-electron chi connectivity index (χ1n) is 9.65. The van der Waals surface area contributed by atoms with Gasteiger partial charge >= 0.3 is 5.97 Å². The van der Waals surface area contributed by atoms with E-state index in [1.54, 1.807) is 0 Å². The monoisotopic (exact) mass is 372 g/mol. The Morgan fingerprint density at radius 1 is 1.22 bits per heavy atom. The molecule has 7 heteroatoms. The number of benzene rings is 1. The van der Waals surface area contributed by atoms with Crippen molar-refractivity contribution in [1.29, 1.82) is 0 Å². The van der Waals surface area contributed by atoms with Gasteiger partial charge in [-0.3, -0.25) is 4.90 Å². The number of carbonyl (C=O) groups is 1. The maximum Gasteiger partial charge on any atom is 0.330 e. The Labute approximate surface area is 159 Å². The average Bonchev–Trinajstić information content (AvgIpc) is 3.11. The Morgan fingerprint density at radius 2 is 1.89 bits per heavy atom. The van der Waals surface area contributed by atoms with E-state index in [0.29, 0.717) is 6.61 Å². The summed E-state index contributed by atoms with van der Waals surface area (Å²) in [6.07, 6.45) is 5.35. The van der Waals surface area contributed by atoms with E-state index >= 15 is 0 Å². The Balaban J connectivity index is 1.69. The largest absolute Gasteiger partial charge is 0.463 e. The minimum atomic E-state index is -0.283.